The first-order chi connectivity index (χ1) is 13.7. The fourth-order valence-electron chi connectivity index (χ4n) is 5.15. The van der Waals surface area contributed by atoms with E-state index in [-0.39, 0.29) is 18.1 Å². The fourth-order valence-corrected chi connectivity index (χ4v) is 5.15. The van der Waals surface area contributed by atoms with Crippen LogP contribution in [0.3, 0.4) is 0 Å². The first kappa shape index (κ1) is 21.0. The second-order valence-corrected chi connectivity index (χ2v) is 8.83. The quantitative estimate of drug-likeness (QED) is 0.446. The van der Waals surface area contributed by atoms with Crippen molar-refractivity contribution in [3.05, 3.63) is 47.3 Å². The van der Waals surface area contributed by atoms with Crippen LogP contribution in [0.25, 0.3) is 0 Å². The second-order valence-electron chi connectivity index (χ2n) is 8.83. The molecule has 0 aliphatic heterocycles. The molecule has 152 valence electrons. The molecule has 0 radical (unpaired) electrons. The highest BCUT2D eigenvalue weighted by atomic mass is 19.1. The molecule has 3 rings (SSSR count). The average Bonchev–Trinajstić information content (AvgIpc) is 2.74. The third-order valence-electron chi connectivity index (χ3n) is 6.99. The number of allylic oxidation sites excluding steroid dienone is 2. The Morgan fingerprint density at radius 2 is 1.61 bits per heavy atom. The number of halogens is 2. The molecule has 0 spiro atoms. The predicted molar refractivity (Wildman–Crippen MR) is 110 cm³/mol. The Hall–Kier alpha value is -1.69. The molecule has 0 bridgehead atoms. The van der Waals surface area contributed by atoms with Crippen LogP contribution in [0.15, 0.2) is 30.4 Å². The standard InChI is InChI=1S/C25H33F2N/c26-16-2-1-3-19-4-6-20(7-5-19)8-9-21-10-12-22(13-11-21)23-14-15-24(18-28)25(27)17-23/h1,3,14-15,17,19-22H,2,4-13,16H2/t19-,20-,21-,22-. The van der Waals surface area contributed by atoms with Gasteiger partial charge in [0.25, 0.3) is 0 Å². The maximum absolute atomic E-state index is 13.9. The van der Waals surface area contributed by atoms with E-state index in [1.165, 1.54) is 51.4 Å². The lowest BCUT2D eigenvalue weighted by atomic mass is 9.74. The van der Waals surface area contributed by atoms with E-state index in [0.29, 0.717) is 18.3 Å². The van der Waals surface area contributed by atoms with Crippen LogP contribution < -0.4 is 0 Å². The summed E-state index contributed by atoms with van der Waals surface area (Å²) in [6.07, 6.45) is 17.5. The molecule has 1 nitrogen and oxygen atoms in total. The molecule has 0 N–H and O–H groups in total. The molecule has 0 amide bonds. The SMILES string of the molecule is N#Cc1ccc([C@H]2CC[C@H](CC[C@H]3CC[C@H](C=CCCF)CC3)CC2)cc1F. The van der Waals surface area contributed by atoms with Crippen molar-refractivity contribution in [1.29, 1.82) is 5.26 Å². The van der Waals surface area contributed by atoms with E-state index in [2.05, 4.69) is 6.08 Å². The molecule has 0 atom stereocenters. The van der Waals surface area contributed by atoms with Crippen LogP contribution >= 0.6 is 0 Å². The zero-order valence-corrected chi connectivity index (χ0v) is 16.9. The maximum Gasteiger partial charge on any atom is 0.141 e. The van der Waals surface area contributed by atoms with Gasteiger partial charge in [-0.2, -0.15) is 5.26 Å². The Morgan fingerprint density at radius 3 is 2.18 bits per heavy atom. The summed E-state index contributed by atoms with van der Waals surface area (Å²) < 4.78 is 26.1. The smallest absolute Gasteiger partial charge is 0.141 e. The molecule has 1 aromatic rings. The lowest BCUT2D eigenvalue weighted by molar-refractivity contribution is 0.246. The summed E-state index contributed by atoms with van der Waals surface area (Å²) in [5.74, 6) is 2.44. The fraction of sp³-hybridized carbons (Fsp3) is 0.640. The normalized spacial score (nSPS) is 28.3. The molecular weight excluding hydrogens is 352 g/mol. The van der Waals surface area contributed by atoms with Gasteiger partial charge >= 0.3 is 0 Å². The highest BCUT2D eigenvalue weighted by Gasteiger charge is 2.25. The van der Waals surface area contributed by atoms with Gasteiger partial charge in [0.2, 0.25) is 0 Å². The summed E-state index contributed by atoms with van der Waals surface area (Å²) in [5.41, 5.74) is 1.21. The minimum atomic E-state index is -0.378. The number of rotatable bonds is 7. The minimum Gasteiger partial charge on any atom is -0.251 e. The van der Waals surface area contributed by atoms with Gasteiger partial charge in [-0.1, -0.05) is 31.1 Å². The molecule has 0 unspecified atom stereocenters. The van der Waals surface area contributed by atoms with Gasteiger partial charge in [-0.25, -0.2) is 4.39 Å². The van der Waals surface area contributed by atoms with Crippen LogP contribution in [0, 0.1) is 34.9 Å². The van der Waals surface area contributed by atoms with Crippen molar-refractivity contribution in [1.82, 2.24) is 0 Å². The Labute approximate surface area is 168 Å². The van der Waals surface area contributed by atoms with Crippen LogP contribution in [0.5, 0.6) is 0 Å². The molecule has 2 aliphatic carbocycles. The lowest BCUT2D eigenvalue weighted by Gasteiger charge is -2.31. The Bertz CT molecular complexity index is 674. The van der Waals surface area contributed by atoms with Gasteiger partial charge < -0.3 is 0 Å². The zero-order valence-electron chi connectivity index (χ0n) is 16.9. The topological polar surface area (TPSA) is 23.8 Å². The predicted octanol–water partition coefficient (Wildman–Crippen LogP) is 7.47. The van der Waals surface area contributed by atoms with E-state index >= 15 is 0 Å². The van der Waals surface area contributed by atoms with Gasteiger partial charge in [-0.3, -0.25) is 4.39 Å². The van der Waals surface area contributed by atoms with Crippen molar-refractivity contribution in [3.63, 3.8) is 0 Å². The van der Waals surface area contributed by atoms with E-state index in [1.54, 1.807) is 12.1 Å². The molecule has 1 aromatic carbocycles. The van der Waals surface area contributed by atoms with Crippen molar-refractivity contribution < 1.29 is 8.78 Å². The summed E-state index contributed by atoms with van der Waals surface area (Å²) >= 11 is 0. The number of hydrogen-bond acceptors (Lipinski definition) is 1. The van der Waals surface area contributed by atoms with Crippen LogP contribution in [-0.2, 0) is 0 Å². The van der Waals surface area contributed by atoms with E-state index in [0.717, 1.165) is 30.2 Å². The van der Waals surface area contributed by atoms with E-state index in [9.17, 15) is 8.78 Å². The Morgan fingerprint density at radius 1 is 0.964 bits per heavy atom. The molecule has 2 aliphatic rings. The van der Waals surface area contributed by atoms with E-state index in [4.69, 9.17) is 5.26 Å². The van der Waals surface area contributed by atoms with Crippen LogP contribution in [0.1, 0.15) is 87.7 Å². The van der Waals surface area contributed by atoms with E-state index < -0.39 is 0 Å². The van der Waals surface area contributed by atoms with Gasteiger partial charge in [0, 0.05) is 0 Å². The molecule has 2 fully saturated rings. The third kappa shape index (κ3) is 5.90. The highest BCUT2D eigenvalue weighted by Crippen LogP contribution is 2.40. The van der Waals surface area contributed by atoms with Crippen molar-refractivity contribution in [2.24, 2.45) is 17.8 Å². The molecule has 0 heterocycles. The summed E-state index contributed by atoms with van der Waals surface area (Å²) in [5, 5.41) is 8.88. The Balaban J connectivity index is 1.36. The molecule has 0 saturated heterocycles. The molecule has 28 heavy (non-hydrogen) atoms. The molecule has 2 saturated carbocycles. The van der Waals surface area contributed by atoms with Gasteiger partial charge in [0.15, 0.2) is 0 Å². The average molecular weight is 386 g/mol. The number of nitrogens with zero attached hydrogens (tertiary/aromatic N) is 1. The monoisotopic (exact) mass is 385 g/mol. The van der Waals surface area contributed by atoms with Crippen molar-refractivity contribution in [2.75, 3.05) is 6.67 Å². The number of nitriles is 1. The molecular formula is C25H33F2N. The first-order valence-corrected chi connectivity index (χ1v) is 11.1. The van der Waals surface area contributed by atoms with Crippen LogP contribution in [0.2, 0.25) is 0 Å². The number of alkyl halides is 1. The van der Waals surface area contributed by atoms with Gasteiger partial charge in [0.1, 0.15) is 11.9 Å². The van der Waals surface area contributed by atoms with Crippen molar-refractivity contribution in [3.8, 4) is 6.07 Å². The number of benzene rings is 1. The third-order valence-corrected chi connectivity index (χ3v) is 6.99. The number of hydrogen-bond donors (Lipinski definition) is 0. The van der Waals surface area contributed by atoms with Crippen molar-refractivity contribution in [2.45, 2.75) is 76.5 Å². The summed E-state index contributed by atoms with van der Waals surface area (Å²) in [6.45, 7) is -0.242. The van der Waals surface area contributed by atoms with Crippen LogP contribution in [0.4, 0.5) is 8.78 Å². The van der Waals surface area contributed by atoms with Crippen LogP contribution in [-0.4, -0.2) is 6.67 Å². The van der Waals surface area contributed by atoms with Crippen molar-refractivity contribution >= 4 is 0 Å². The Kier molecular flexibility index (Phi) is 8.07. The van der Waals surface area contributed by atoms with E-state index in [1.807, 2.05) is 18.2 Å². The van der Waals surface area contributed by atoms with Gasteiger partial charge in [-0.05, 0) is 99.2 Å². The lowest BCUT2D eigenvalue weighted by Crippen LogP contribution is -2.17. The zero-order chi connectivity index (χ0) is 19.8. The summed E-state index contributed by atoms with van der Waals surface area (Å²) in [6, 6.07) is 7.04. The second kappa shape index (κ2) is 10.7. The minimum absolute atomic E-state index is 0.144. The van der Waals surface area contributed by atoms with Gasteiger partial charge in [0.05, 0.1) is 12.2 Å². The summed E-state index contributed by atoms with van der Waals surface area (Å²) in [4.78, 5) is 0. The highest BCUT2D eigenvalue weighted by molar-refractivity contribution is 5.34. The largest absolute Gasteiger partial charge is 0.251 e. The molecule has 3 heteroatoms. The van der Waals surface area contributed by atoms with Gasteiger partial charge in [-0.15, -0.1) is 0 Å². The molecule has 0 aromatic heterocycles. The maximum atomic E-state index is 13.9. The first-order valence-electron chi connectivity index (χ1n) is 11.1. The summed E-state index contributed by atoms with van der Waals surface area (Å²) in [7, 11) is 0.